The van der Waals surface area contributed by atoms with E-state index >= 15 is 0 Å². The van der Waals surface area contributed by atoms with Gasteiger partial charge in [0.15, 0.2) is 5.82 Å². The van der Waals surface area contributed by atoms with Crippen molar-refractivity contribution in [3.63, 3.8) is 0 Å². The lowest BCUT2D eigenvalue weighted by Gasteiger charge is -2.30. The van der Waals surface area contributed by atoms with E-state index in [0.29, 0.717) is 48.7 Å². The van der Waals surface area contributed by atoms with Gasteiger partial charge in [0.2, 0.25) is 5.91 Å². The Hall–Kier alpha value is -3.29. The predicted molar refractivity (Wildman–Crippen MR) is 98.8 cm³/mol. The molecule has 4 rings (SSSR count). The van der Waals surface area contributed by atoms with Gasteiger partial charge in [0.25, 0.3) is 5.56 Å². The molecule has 0 aliphatic carbocycles. The summed E-state index contributed by atoms with van der Waals surface area (Å²) < 4.78 is 1.68. The lowest BCUT2D eigenvalue weighted by atomic mass is 10.0. The SMILES string of the molecule is CC[C@H](C(=O)N1CCc2c(nc(-c3ccccn3)[nH]c2=O)C1)n1cccn1. The van der Waals surface area contributed by atoms with Gasteiger partial charge in [-0.1, -0.05) is 13.0 Å². The summed E-state index contributed by atoms with van der Waals surface area (Å²) in [6, 6.07) is 6.90. The van der Waals surface area contributed by atoms with Gasteiger partial charge in [-0.2, -0.15) is 5.10 Å². The minimum atomic E-state index is -0.348. The molecular formula is C19H20N6O2. The van der Waals surface area contributed by atoms with Crippen LogP contribution in [-0.2, 0) is 17.8 Å². The van der Waals surface area contributed by atoms with Crippen molar-refractivity contribution in [2.45, 2.75) is 32.4 Å². The van der Waals surface area contributed by atoms with Crippen molar-refractivity contribution < 1.29 is 4.79 Å². The highest BCUT2D eigenvalue weighted by Gasteiger charge is 2.29. The molecule has 0 aromatic carbocycles. The Morgan fingerprint density at radius 3 is 2.89 bits per heavy atom. The standard InChI is InChI=1S/C19H20N6O2/c1-2-16(25-10-5-9-21-25)19(27)24-11-7-13-15(12-24)22-17(23-18(13)26)14-6-3-4-8-20-14/h3-6,8-10,16H,2,7,11-12H2,1H3,(H,22,23,26)/t16-/m1/s1. The second-order valence-corrected chi connectivity index (χ2v) is 6.47. The number of rotatable bonds is 4. The van der Waals surface area contributed by atoms with Gasteiger partial charge in [0.05, 0.1) is 12.2 Å². The molecule has 3 aromatic heterocycles. The molecule has 1 atom stereocenters. The number of amides is 1. The van der Waals surface area contributed by atoms with Crippen LogP contribution in [0.3, 0.4) is 0 Å². The Labute approximate surface area is 155 Å². The highest BCUT2D eigenvalue weighted by molar-refractivity contribution is 5.80. The quantitative estimate of drug-likeness (QED) is 0.758. The van der Waals surface area contributed by atoms with Crippen molar-refractivity contribution in [3.05, 3.63) is 64.5 Å². The third-order valence-corrected chi connectivity index (χ3v) is 4.81. The summed E-state index contributed by atoms with van der Waals surface area (Å²) in [5.74, 6) is 0.418. The molecule has 0 saturated carbocycles. The topological polar surface area (TPSA) is 96.8 Å². The molecule has 1 N–H and O–H groups in total. The second-order valence-electron chi connectivity index (χ2n) is 6.47. The van der Waals surface area contributed by atoms with Crippen molar-refractivity contribution in [1.82, 2.24) is 29.6 Å². The number of fused-ring (bicyclic) bond motifs is 1. The molecule has 1 aliphatic rings. The smallest absolute Gasteiger partial charge is 0.254 e. The second kappa shape index (κ2) is 7.14. The number of pyridine rings is 1. The maximum atomic E-state index is 13.0. The summed E-state index contributed by atoms with van der Waals surface area (Å²) in [4.78, 5) is 38.9. The van der Waals surface area contributed by atoms with Crippen molar-refractivity contribution in [3.8, 4) is 11.5 Å². The van der Waals surface area contributed by atoms with Gasteiger partial charge in [-0.05, 0) is 31.0 Å². The molecule has 1 amide bonds. The van der Waals surface area contributed by atoms with Gasteiger partial charge in [-0.3, -0.25) is 19.3 Å². The van der Waals surface area contributed by atoms with E-state index in [4.69, 9.17) is 0 Å². The van der Waals surface area contributed by atoms with E-state index in [0.717, 1.165) is 0 Å². The van der Waals surface area contributed by atoms with Crippen molar-refractivity contribution in [2.24, 2.45) is 0 Å². The fraction of sp³-hybridized carbons (Fsp3) is 0.316. The summed E-state index contributed by atoms with van der Waals surface area (Å²) in [6.07, 6.45) is 6.25. The van der Waals surface area contributed by atoms with E-state index < -0.39 is 0 Å². The number of hydrogen-bond acceptors (Lipinski definition) is 5. The molecule has 3 aromatic rings. The van der Waals surface area contributed by atoms with Gasteiger partial charge >= 0.3 is 0 Å². The van der Waals surface area contributed by atoms with Crippen molar-refractivity contribution in [1.29, 1.82) is 0 Å². The van der Waals surface area contributed by atoms with E-state index in [-0.39, 0.29) is 17.5 Å². The molecule has 0 unspecified atom stereocenters. The van der Waals surface area contributed by atoms with Crippen LogP contribution >= 0.6 is 0 Å². The molecule has 0 saturated heterocycles. The van der Waals surface area contributed by atoms with E-state index in [9.17, 15) is 9.59 Å². The zero-order valence-corrected chi connectivity index (χ0v) is 15.0. The predicted octanol–water partition coefficient (Wildman–Crippen LogP) is 1.56. The van der Waals surface area contributed by atoms with E-state index in [2.05, 4.69) is 20.1 Å². The summed E-state index contributed by atoms with van der Waals surface area (Å²) in [5.41, 5.74) is 1.72. The molecule has 8 nitrogen and oxygen atoms in total. The zero-order valence-electron chi connectivity index (χ0n) is 15.0. The highest BCUT2D eigenvalue weighted by Crippen LogP contribution is 2.21. The molecule has 0 radical (unpaired) electrons. The first-order valence-corrected chi connectivity index (χ1v) is 8.98. The van der Waals surface area contributed by atoms with Crippen LogP contribution in [0.1, 0.15) is 30.6 Å². The van der Waals surface area contributed by atoms with Crippen molar-refractivity contribution >= 4 is 5.91 Å². The Kier molecular flexibility index (Phi) is 4.53. The van der Waals surface area contributed by atoms with Gasteiger partial charge in [0.1, 0.15) is 11.7 Å². The summed E-state index contributed by atoms with van der Waals surface area (Å²) in [5, 5.41) is 4.21. The van der Waals surface area contributed by atoms with E-state index in [1.54, 1.807) is 40.3 Å². The Bertz CT molecular complexity index is 997. The van der Waals surface area contributed by atoms with Crippen LogP contribution in [0.5, 0.6) is 0 Å². The first kappa shape index (κ1) is 17.1. The average molecular weight is 364 g/mol. The zero-order chi connectivity index (χ0) is 18.8. The Morgan fingerprint density at radius 1 is 1.30 bits per heavy atom. The molecule has 27 heavy (non-hydrogen) atoms. The van der Waals surface area contributed by atoms with Crippen LogP contribution in [0.15, 0.2) is 47.7 Å². The summed E-state index contributed by atoms with van der Waals surface area (Å²) >= 11 is 0. The number of aromatic amines is 1. The Balaban J connectivity index is 1.63. The fourth-order valence-corrected chi connectivity index (χ4v) is 3.40. The van der Waals surface area contributed by atoms with E-state index in [1.165, 1.54) is 0 Å². The van der Waals surface area contributed by atoms with Crippen LogP contribution in [0, 0.1) is 0 Å². The van der Waals surface area contributed by atoms with Crippen molar-refractivity contribution in [2.75, 3.05) is 6.54 Å². The molecule has 4 heterocycles. The molecule has 138 valence electrons. The number of H-pyrrole nitrogens is 1. The maximum absolute atomic E-state index is 13.0. The number of aromatic nitrogens is 5. The Morgan fingerprint density at radius 2 is 2.19 bits per heavy atom. The van der Waals surface area contributed by atoms with Crippen LogP contribution in [0.2, 0.25) is 0 Å². The highest BCUT2D eigenvalue weighted by atomic mass is 16.2. The number of nitrogens with zero attached hydrogens (tertiary/aromatic N) is 5. The monoisotopic (exact) mass is 364 g/mol. The lowest BCUT2D eigenvalue weighted by molar-refractivity contribution is -0.136. The maximum Gasteiger partial charge on any atom is 0.254 e. The number of carbonyl (C=O) groups excluding carboxylic acids is 1. The normalized spacial score (nSPS) is 14.6. The third-order valence-electron chi connectivity index (χ3n) is 4.81. The van der Waals surface area contributed by atoms with Crippen LogP contribution in [-0.4, -0.2) is 42.1 Å². The van der Waals surface area contributed by atoms with Crippen LogP contribution in [0.25, 0.3) is 11.5 Å². The fourth-order valence-electron chi connectivity index (χ4n) is 3.40. The molecular weight excluding hydrogens is 344 g/mol. The minimum Gasteiger partial charge on any atom is -0.335 e. The van der Waals surface area contributed by atoms with Gasteiger partial charge in [0, 0.05) is 30.7 Å². The number of hydrogen-bond donors (Lipinski definition) is 1. The summed E-state index contributed by atoms with van der Waals surface area (Å²) in [6.45, 7) is 2.78. The third kappa shape index (κ3) is 3.25. The number of carbonyl (C=O) groups is 1. The molecule has 0 bridgehead atoms. The van der Waals surface area contributed by atoms with E-state index in [1.807, 2.05) is 19.1 Å². The average Bonchev–Trinajstić information content (AvgIpc) is 3.23. The summed E-state index contributed by atoms with van der Waals surface area (Å²) in [7, 11) is 0. The first-order chi connectivity index (χ1) is 13.2. The number of nitrogens with one attached hydrogen (secondary N) is 1. The van der Waals surface area contributed by atoms with Gasteiger partial charge in [-0.25, -0.2) is 4.98 Å². The van der Waals surface area contributed by atoms with Gasteiger partial charge in [-0.15, -0.1) is 0 Å². The first-order valence-electron chi connectivity index (χ1n) is 8.98. The molecule has 0 fully saturated rings. The van der Waals surface area contributed by atoms with Gasteiger partial charge < -0.3 is 9.88 Å². The molecule has 1 aliphatic heterocycles. The minimum absolute atomic E-state index is 0.00619. The van der Waals surface area contributed by atoms with Crippen LogP contribution < -0.4 is 5.56 Å². The van der Waals surface area contributed by atoms with Crippen LogP contribution in [0.4, 0.5) is 0 Å². The molecule has 0 spiro atoms. The molecule has 8 heteroatoms. The largest absolute Gasteiger partial charge is 0.335 e. The lowest BCUT2D eigenvalue weighted by Crippen LogP contribution is -2.42.